The molecule has 2 aromatic rings. The monoisotopic (exact) mass is 177 g/mol. The zero-order valence-electron chi connectivity index (χ0n) is 7.18. The molecule has 0 saturated heterocycles. The second kappa shape index (κ2) is 3.45. The van der Waals surface area contributed by atoms with Crippen LogP contribution in [0.5, 0.6) is 0 Å². The molecule has 0 spiro atoms. The minimum absolute atomic E-state index is 0.463. The summed E-state index contributed by atoms with van der Waals surface area (Å²) in [6.07, 6.45) is 7.05. The third-order valence-electron chi connectivity index (χ3n) is 1.92. The van der Waals surface area contributed by atoms with Crippen molar-refractivity contribution in [3.63, 3.8) is 0 Å². The van der Waals surface area contributed by atoms with Crippen LogP contribution in [0.15, 0.2) is 35.4 Å². The van der Waals surface area contributed by atoms with Crippen molar-refractivity contribution >= 4 is 0 Å². The minimum Gasteiger partial charge on any atom is -0.472 e. The fourth-order valence-corrected chi connectivity index (χ4v) is 1.25. The Labute approximate surface area is 76.0 Å². The lowest BCUT2D eigenvalue weighted by Crippen LogP contribution is -2.08. The average molecular weight is 177 g/mol. The average Bonchev–Trinajstić information content (AvgIpc) is 2.76. The van der Waals surface area contributed by atoms with E-state index in [-0.39, 0.29) is 0 Å². The maximum Gasteiger partial charge on any atom is 0.122 e. The molecule has 2 heterocycles. The number of hydrogen-bond donors (Lipinski definition) is 1. The Hall–Kier alpha value is -1.55. The molecule has 0 unspecified atom stereocenters. The van der Waals surface area contributed by atoms with E-state index in [2.05, 4.69) is 4.98 Å². The number of rotatable bonds is 3. The van der Waals surface area contributed by atoms with Crippen molar-refractivity contribution in [1.82, 2.24) is 9.55 Å². The molecule has 0 fully saturated rings. The van der Waals surface area contributed by atoms with E-state index in [1.165, 1.54) is 0 Å². The Bertz CT molecular complexity index is 364. The summed E-state index contributed by atoms with van der Waals surface area (Å²) in [5, 5.41) is 0. The van der Waals surface area contributed by atoms with E-state index in [1.807, 2.05) is 16.8 Å². The Morgan fingerprint density at radius 1 is 1.54 bits per heavy atom. The van der Waals surface area contributed by atoms with Gasteiger partial charge in [0, 0.05) is 18.0 Å². The molecule has 0 aromatic carbocycles. The zero-order chi connectivity index (χ0) is 9.10. The van der Waals surface area contributed by atoms with Crippen LogP contribution in [0.1, 0.15) is 11.4 Å². The van der Waals surface area contributed by atoms with Crippen LogP contribution in [-0.2, 0) is 13.1 Å². The molecule has 0 atom stereocenters. The van der Waals surface area contributed by atoms with Crippen molar-refractivity contribution in [2.45, 2.75) is 13.1 Å². The lowest BCUT2D eigenvalue weighted by Gasteiger charge is -2.02. The van der Waals surface area contributed by atoms with E-state index in [0.717, 1.165) is 17.9 Å². The number of nitrogens with two attached hydrogens (primary N) is 1. The van der Waals surface area contributed by atoms with E-state index in [9.17, 15) is 0 Å². The number of furan rings is 1. The number of aromatic nitrogens is 2. The predicted molar refractivity (Wildman–Crippen MR) is 47.9 cm³/mol. The standard InChI is InChI=1S/C9H11N3O/c10-5-9-11-2-3-12(9)6-8-1-4-13-7-8/h1-4,7H,5-6,10H2. The Morgan fingerprint density at radius 2 is 2.46 bits per heavy atom. The largest absolute Gasteiger partial charge is 0.472 e. The third-order valence-corrected chi connectivity index (χ3v) is 1.92. The molecular weight excluding hydrogens is 166 g/mol. The van der Waals surface area contributed by atoms with Crippen molar-refractivity contribution < 1.29 is 4.42 Å². The van der Waals surface area contributed by atoms with Gasteiger partial charge >= 0.3 is 0 Å². The summed E-state index contributed by atoms with van der Waals surface area (Å²) >= 11 is 0. The van der Waals surface area contributed by atoms with Crippen LogP contribution >= 0.6 is 0 Å². The molecule has 2 rings (SSSR count). The smallest absolute Gasteiger partial charge is 0.122 e. The third kappa shape index (κ3) is 1.62. The highest BCUT2D eigenvalue weighted by Gasteiger charge is 2.01. The van der Waals surface area contributed by atoms with Gasteiger partial charge in [-0.05, 0) is 6.07 Å². The van der Waals surface area contributed by atoms with Gasteiger partial charge in [0.1, 0.15) is 5.82 Å². The van der Waals surface area contributed by atoms with Crippen LogP contribution in [0.3, 0.4) is 0 Å². The Morgan fingerprint density at radius 3 is 3.15 bits per heavy atom. The van der Waals surface area contributed by atoms with Crippen LogP contribution in [0, 0.1) is 0 Å². The molecule has 68 valence electrons. The van der Waals surface area contributed by atoms with Gasteiger partial charge in [-0.1, -0.05) is 0 Å². The van der Waals surface area contributed by atoms with Crippen LogP contribution in [0.2, 0.25) is 0 Å². The highest BCUT2D eigenvalue weighted by Crippen LogP contribution is 2.05. The van der Waals surface area contributed by atoms with E-state index in [1.54, 1.807) is 18.7 Å². The zero-order valence-corrected chi connectivity index (χ0v) is 7.18. The first-order valence-corrected chi connectivity index (χ1v) is 4.11. The quantitative estimate of drug-likeness (QED) is 0.760. The van der Waals surface area contributed by atoms with E-state index in [0.29, 0.717) is 6.54 Å². The first kappa shape index (κ1) is 8.07. The van der Waals surface area contributed by atoms with Crippen molar-refractivity contribution in [3.8, 4) is 0 Å². The summed E-state index contributed by atoms with van der Waals surface area (Å²) in [4.78, 5) is 4.12. The molecule has 2 N–H and O–H groups in total. The molecule has 0 bridgehead atoms. The van der Waals surface area contributed by atoms with Gasteiger partial charge in [0.2, 0.25) is 0 Å². The molecule has 0 aliphatic rings. The maximum absolute atomic E-state index is 5.52. The molecule has 0 amide bonds. The van der Waals surface area contributed by atoms with Gasteiger partial charge < -0.3 is 14.7 Å². The highest BCUT2D eigenvalue weighted by molar-refractivity contribution is 5.07. The second-order valence-electron chi connectivity index (χ2n) is 2.81. The van der Waals surface area contributed by atoms with Gasteiger partial charge in [-0.3, -0.25) is 0 Å². The highest BCUT2D eigenvalue weighted by atomic mass is 16.3. The van der Waals surface area contributed by atoms with Crippen molar-refractivity contribution in [3.05, 3.63) is 42.4 Å². The number of nitrogens with zero attached hydrogens (tertiary/aromatic N) is 2. The predicted octanol–water partition coefficient (Wildman–Crippen LogP) is 0.983. The van der Waals surface area contributed by atoms with Crippen LogP contribution in [0.25, 0.3) is 0 Å². The first-order chi connectivity index (χ1) is 6.40. The fourth-order valence-electron chi connectivity index (χ4n) is 1.25. The van der Waals surface area contributed by atoms with Crippen molar-refractivity contribution in [2.24, 2.45) is 5.73 Å². The lowest BCUT2D eigenvalue weighted by atomic mass is 10.3. The molecule has 4 heteroatoms. The Kier molecular flexibility index (Phi) is 2.14. The fraction of sp³-hybridized carbons (Fsp3) is 0.222. The van der Waals surface area contributed by atoms with Crippen LogP contribution < -0.4 is 5.73 Å². The summed E-state index contributed by atoms with van der Waals surface area (Å²) in [5.41, 5.74) is 6.64. The Balaban J connectivity index is 2.18. The van der Waals surface area contributed by atoms with E-state index < -0.39 is 0 Å². The molecule has 0 aliphatic carbocycles. The summed E-state index contributed by atoms with van der Waals surface area (Å²) < 4.78 is 6.98. The first-order valence-electron chi connectivity index (χ1n) is 4.11. The molecule has 2 aromatic heterocycles. The van der Waals surface area contributed by atoms with Gasteiger partial charge in [-0.15, -0.1) is 0 Å². The summed E-state index contributed by atoms with van der Waals surface area (Å²) in [6.45, 7) is 1.23. The molecule has 13 heavy (non-hydrogen) atoms. The molecule has 0 radical (unpaired) electrons. The lowest BCUT2D eigenvalue weighted by molar-refractivity contribution is 0.561. The second-order valence-corrected chi connectivity index (χ2v) is 2.81. The topological polar surface area (TPSA) is 57.0 Å². The van der Waals surface area contributed by atoms with Crippen LogP contribution in [-0.4, -0.2) is 9.55 Å². The molecule has 4 nitrogen and oxygen atoms in total. The molecule has 0 aliphatic heterocycles. The summed E-state index contributed by atoms with van der Waals surface area (Å²) in [5.74, 6) is 0.890. The van der Waals surface area contributed by atoms with E-state index in [4.69, 9.17) is 10.2 Å². The van der Waals surface area contributed by atoms with Gasteiger partial charge in [0.05, 0.1) is 25.6 Å². The maximum atomic E-state index is 5.52. The molecule has 0 saturated carbocycles. The van der Waals surface area contributed by atoms with Gasteiger partial charge in [0.25, 0.3) is 0 Å². The van der Waals surface area contributed by atoms with Crippen molar-refractivity contribution in [1.29, 1.82) is 0 Å². The summed E-state index contributed by atoms with van der Waals surface area (Å²) in [7, 11) is 0. The van der Waals surface area contributed by atoms with Crippen molar-refractivity contribution in [2.75, 3.05) is 0 Å². The van der Waals surface area contributed by atoms with Crippen LogP contribution in [0.4, 0.5) is 0 Å². The number of hydrogen-bond acceptors (Lipinski definition) is 3. The van der Waals surface area contributed by atoms with E-state index >= 15 is 0 Å². The minimum atomic E-state index is 0.463. The van der Waals surface area contributed by atoms with Gasteiger partial charge in [-0.25, -0.2) is 4.98 Å². The SMILES string of the molecule is NCc1nccn1Cc1ccoc1. The van der Waals surface area contributed by atoms with Gasteiger partial charge in [-0.2, -0.15) is 0 Å². The van der Waals surface area contributed by atoms with Gasteiger partial charge in [0.15, 0.2) is 0 Å². The normalized spacial score (nSPS) is 10.5. The number of imidazole rings is 1. The molecular formula is C9H11N3O. The summed E-state index contributed by atoms with van der Waals surface area (Å²) in [6, 6.07) is 1.93.